The lowest BCUT2D eigenvalue weighted by atomic mass is 10.00. The normalized spacial score (nSPS) is 11.9. The molecule has 0 unspecified atom stereocenters. The molecule has 0 aliphatic heterocycles. The summed E-state index contributed by atoms with van der Waals surface area (Å²) in [5, 5.41) is 7.19. The summed E-state index contributed by atoms with van der Waals surface area (Å²) in [7, 11) is 0. The molecule has 0 fully saturated rings. The summed E-state index contributed by atoms with van der Waals surface area (Å²) in [5.74, 6) is 0. The zero-order valence-electron chi connectivity index (χ0n) is 27.6. The molecule has 0 N–H and O–H groups in total. The van der Waals surface area contributed by atoms with Crippen LogP contribution < -0.4 is 0 Å². The van der Waals surface area contributed by atoms with Gasteiger partial charge in [-0.15, -0.1) is 0 Å². The van der Waals surface area contributed by atoms with E-state index >= 15 is 0 Å². The van der Waals surface area contributed by atoms with E-state index in [9.17, 15) is 0 Å². The monoisotopic (exact) mass is 650 g/mol. The molecule has 11 rings (SSSR count). The maximum absolute atomic E-state index is 6.20. The second-order valence-electron chi connectivity index (χ2n) is 13.4. The molecular formula is C48H30N2O. The van der Waals surface area contributed by atoms with Gasteiger partial charge in [-0.05, 0) is 82.9 Å². The SMILES string of the molecule is c1ccc(-c2ccc(-c3cccc(-n4c5ccccc5c5cc6c(cc54)c4ccccc4n6-c4ccc5oc6ccccc6c5c4)c3)cc2)cc1. The Kier molecular flexibility index (Phi) is 5.96. The number of hydrogen-bond donors (Lipinski definition) is 0. The van der Waals surface area contributed by atoms with E-state index in [0.717, 1.165) is 33.3 Å². The Balaban J connectivity index is 1.12. The van der Waals surface area contributed by atoms with Crippen molar-refractivity contribution >= 4 is 65.6 Å². The van der Waals surface area contributed by atoms with Crippen LogP contribution in [0.25, 0.3) is 99.2 Å². The van der Waals surface area contributed by atoms with Gasteiger partial charge in [0.25, 0.3) is 0 Å². The highest BCUT2D eigenvalue weighted by atomic mass is 16.3. The highest BCUT2D eigenvalue weighted by molar-refractivity contribution is 6.19. The highest BCUT2D eigenvalue weighted by Gasteiger charge is 2.19. The topological polar surface area (TPSA) is 23.0 Å². The standard InChI is InChI=1S/C48H30N2O/c1-2-11-31(12-3-1)32-21-23-33(24-22-32)34-13-10-14-35(27-34)49-43-18-7-4-15-37(43)40-30-46-41(29-45(40)49)38-16-5-8-19-44(38)50(46)36-25-26-48-42(28-36)39-17-6-9-20-47(39)51-48/h1-30H. The smallest absolute Gasteiger partial charge is 0.135 e. The lowest BCUT2D eigenvalue weighted by molar-refractivity contribution is 0.669. The Labute approximate surface area is 293 Å². The summed E-state index contributed by atoms with van der Waals surface area (Å²) in [6.45, 7) is 0. The zero-order valence-corrected chi connectivity index (χ0v) is 27.6. The van der Waals surface area contributed by atoms with Crippen molar-refractivity contribution < 1.29 is 4.42 Å². The fraction of sp³-hybridized carbons (Fsp3) is 0. The molecule has 0 atom stereocenters. The molecule has 51 heavy (non-hydrogen) atoms. The van der Waals surface area contributed by atoms with E-state index in [-0.39, 0.29) is 0 Å². The molecule has 3 heteroatoms. The number of furan rings is 1. The molecule has 0 amide bonds. The Morgan fingerprint density at radius 3 is 1.47 bits per heavy atom. The van der Waals surface area contributed by atoms with Gasteiger partial charge in [-0.25, -0.2) is 0 Å². The fourth-order valence-corrected chi connectivity index (χ4v) is 8.15. The molecule has 3 aromatic heterocycles. The third-order valence-corrected chi connectivity index (χ3v) is 10.5. The van der Waals surface area contributed by atoms with Gasteiger partial charge >= 0.3 is 0 Å². The first-order chi connectivity index (χ1) is 25.3. The van der Waals surface area contributed by atoms with Crippen molar-refractivity contribution in [1.82, 2.24) is 9.13 Å². The van der Waals surface area contributed by atoms with Gasteiger partial charge in [-0.1, -0.05) is 121 Å². The second-order valence-corrected chi connectivity index (χ2v) is 13.4. The van der Waals surface area contributed by atoms with Crippen LogP contribution in [-0.4, -0.2) is 9.13 Å². The molecule has 3 heterocycles. The molecule has 0 bridgehead atoms. The van der Waals surface area contributed by atoms with Crippen molar-refractivity contribution in [2.45, 2.75) is 0 Å². The van der Waals surface area contributed by atoms with Crippen LogP contribution in [0.2, 0.25) is 0 Å². The van der Waals surface area contributed by atoms with Crippen molar-refractivity contribution in [3.63, 3.8) is 0 Å². The minimum Gasteiger partial charge on any atom is -0.456 e. The fourth-order valence-electron chi connectivity index (χ4n) is 8.15. The lowest BCUT2D eigenvalue weighted by Gasteiger charge is -2.11. The third kappa shape index (κ3) is 4.25. The third-order valence-electron chi connectivity index (χ3n) is 10.5. The van der Waals surface area contributed by atoms with Gasteiger partial charge in [0.05, 0.1) is 22.1 Å². The van der Waals surface area contributed by atoms with E-state index in [1.54, 1.807) is 0 Å². The van der Waals surface area contributed by atoms with Gasteiger partial charge in [0, 0.05) is 43.7 Å². The average Bonchev–Trinajstić information content (AvgIpc) is 3.84. The number of nitrogens with zero attached hydrogens (tertiary/aromatic N) is 2. The van der Waals surface area contributed by atoms with Crippen LogP contribution in [0.3, 0.4) is 0 Å². The molecule has 8 aromatic carbocycles. The van der Waals surface area contributed by atoms with Gasteiger partial charge in [0.2, 0.25) is 0 Å². The summed E-state index contributed by atoms with van der Waals surface area (Å²) in [6, 6.07) is 65.6. The van der Waals surface area contributed by atoms with Gasteiger partial charge in [0.1, 0.15) is 11.2 Å². The van der Waals surface area contributed by atoms with Crippen molar-refractivity contribution in [1.29, 1.82) is 0 Å². The Hall–Kier alpha value is -6.84. The number of aromatic nitrogens is 2. The summed E-state index contributed by atoms with van der Waals surface area (Å²) >= 11 is 0. The van der Waals surface area contributed by atoms with Crippen LogP contribution in [0.15, 0.2) is 186 Å². The van der Waals surface area contributed by atoms with E-state index in [1.165, 1.54) is 65.9 Å². The number of hydrogen-bond acceptors (Lipinski definition) is 1. The minimum atomic E-state index is 0.903. The van der Waals surface area contributed by atoms with Crippen LogP contribution in [0.5, 0.6) is 0 Å². The van der Waals surface area contributed by atoms with Crippen LogP contribution in [0.1, 0.15) is 0 Å². The second kappa shape index (κ2) is 10.8. The molecular weight excluding hydrogens is 621 g/mol. The van der Waals surface area contributed by atoms with Gasteiger partial charge < -0.3 is 13.6 Å². The molecule has 0 saturated carbocycles. The molecule has 0 aliphatic rings. The van der Waals surface area contributed by atoms with E-state index in [1.807, 2.05) is 12.1 Å². The van der Waals surface area contributed by atoms with E-state index in [0.29, 0.717) is 0 Å². The Morgan fingerprint density at radius 2 is 0.784 bits per heavy atom. The van der Waals surface area contributed by atoms with Gasteiger partial charge in [0.15, 0.2) is 0 Å². The number of rotatable bonds is 4. The van der Waals surface area contributed by atoms with Crippen molar-refractivity contribution in [2.75, 3.05) is 0 Å². The van der Waals surface area contributed by atoms with Crippen LogP contribution in [0, 0.1) is 0 Å². The van der Waals surface area contributed by atoms with Crippen LogP contribution >= 0.6 is 0 Å². The van der Waals surface area contributed by atoms with Gasteiger partial charge in [-0.2, -0.15) is 0 Å². The van der Waals surface area contributed by atoms with Crippen LogP contribution in [-0.2, 0) is 0 Å². The summed E-state index contributed by atoms with van der Waals surface area (Å²) < 4.78 is 11.0. The first-order valence-electron chi connectivity index (χ1n) is 17.4. The van der Waals surface area contributed by atoms with Crippen molar-refractivity contribution in [2.24, 2.45) is 0 Å². The highest BCUT2D eigenvalue weighted by Crippen LogP contribution is 2.41. The predicted molar refractivity (Wildman–Crippen MR) is 213 cm³/mol. The Morgan fingerprint density at radius 1 is 0.275 bits per heavy atom. The quantitative estimate of drug-likeness (QED) is 0.186. The average molecular weight is 651 g/mol. The first kappa shape index (κ1) is 28.0. The molecule has 0 radical (unpaired) electrons. The summed E-state index contributed by atoms with van der Waals surface area (Å²) in [4.78, 5) is 0. The Bertz CT molecular complexity index is 3120. The van der Waals surface area contributed by atoms with E-state index in [4.69, 9.17) is 4.42 Å². The molecule has 0 aliphatic carbocycles. The molecule has 3 nitrogen and oxygen atoms in total. The van der Waals surface area contributed by atoms with E-state index < -0.39 is 0 Å². The minimum absolute atomic E-state index is 0.903. The van der Waals surface area contributed by atoms with Crippen molar-refractivity contribution in [3.05, 3.63) is 182 Å². The van der Waals surface area contributed by atoms with Gasteiger partial charge in [-0.3, -0.25) is 0 Å². The molecule has 11 aromatic rings. The molecule has 0 spiro atoms. The molecule has 238 valence electrons. The maximum atomic E-state index is 6.20. The number of fused-ring (bicyclic) bond motifs is 9. The molecule has 0 saturated heterocycles. The predicted octanol–water partition coefficient (Wildman–Crippen LogP) is 13.1. The van der Waals surface area contributed by atoms with Crippen molar-refractivity contribution in [3.8, 4) is 33.6 Å². The maximum Gasteiger partial charge on any atom is 0.135 e. The van der Waals surface area contributed by atoms with E-state index in [2.05, 4.69) is 179 Å². The van der Waals surface area contributed by atoms with Crippen LogP contribution in [0.4, 0.5) is 0 Å². The number of benzene rings is 8. The summed E-state index contributed by atoms with van der Waals surface area (Å²) in [5.41, 5.74) is 13.7. The number of para-hydroxylation sites is 3. The summed E-state index contributed by atoms with van der Waals surface area (Å²) in [6.07, 6.45) is 0. The lowest BCUT2D eigenvalue weighted by Crippen LogP contribution is -1.95. The largest absolute Gasteiger partial charge is 0.456 e. The zero-order chi connectivity index (χ0) is 33.5. The first-order valence-corrected chi connectivity index (χ1v) is 17.4.